The number of likely N-dealkylation sites (N-methyl/N-ethyl adjacent to an activating group) is 1. The quantitative estimate of drug-likeness (QED) is 0.781. The average Bonchev–Trinajstić information content (AvgIpc) is 2.29. The van der Waals surface area contributed by atoms with Crippen LogP contribution in [0.25, 0.3) is 0 Å². The van der Waals surface area contributed by atoms with E-state index < -0.39 is 17.3 Å². The van der Waals surface area contributed by atoms with Crippen LogP contribution in [-0.4, -0.2) is 48.5 Å². The Bertz CT molecular complexity index is 278. The van der Waals surface area contributed by atoms with E-state index in [2.05, 4.69) is 5.32 Å². The molecule has 1 N–H and O–H groups in total. The first-order chi connectivity index (χ1) is 8.00. The lowest BCUT2D eigenvalue weighted by molar-refractivity contribution is -0.119. The fourth-order valence-electron chi connectivity index (χ4n) is 1.64. The predicted molar refractivity (Wildman–Crippen MR) is 65.1 cm³/mol. The number of urea groups is 1. The minimum absolute atomic E-state index is 0.0722. The molecule has 98 valence electrons. The SMILES string of the molecule is CC(Cl)C(=O)NC(=O)N(C)CC1CCCCO1. The normalized spacial score (nSPS) is 21.7. The molecule has 2 atom stereocenters. The van der Waals surface area contributed by atoms with Crippen LogP contribution in [0.5, 0.6) is 0 Å². The van der Waals surface area contributed by atoms with Gasteiger partial charge in [0, 0.05) is 20.2 Å². The van der Waals surface area contributed by atoms with Crippen LogP contribution in [0.4, 0.5) is 4.79 Å². The van der Waals surface area contributed by atoms with E-state index in [0.717, 1.165) is 25.9 Å². The van der Waals surface area contributed by atoms with Crippen molar-refractivity contribution in [3.05, 3.63) is 0 Å². The van der Waals surface area contributed by atoms with E-state index >= 15 is 0 Å². The summed E-state index contributed by atoms with van der Waals surface area (Å²) in [6.07, 6.45) is 3.23. The van der Waals surface area contributed by atoms with E-state index in [1.807, 2.05) is 0 Å². The zero-order chi connectivity index (χ0) is 12.8. The molecule has 0 radical (unpaired) electrons. The van der Waals surface area contributed by atoms with Gasteiger partial charge in [-0.25, -0.2) is 4.79 Å². The number of imide groups is 1. The van der Waals surface area contributed by atoms with E-state index in [-0.39, 0.29) is 6.10 Å². The Balaban J connectivity index is 2.33. The van der Waals surface area contributed by atoms with Crippen molar-refractivity contribution in [3.63, 3.8) is 0 Å². The van der Waals surface area contributed by atoms with Crippen molar-refractivity contribution in [3.8, 4) is 0 Å². The number of nitrogens with zero attached hydrogens (tertiary/aromatic N) is 1. The molecule has 1 fully saturated rings. The Kier molecular flexibility index (Phi) is 5.71. The molecule has 0 aliphatic carbocycles. The second-order valence-corrected chi connectivity index (χ2v) is 4.93. The van der Waals surface area contributed by atoms with Crippen LogP contribution >= 0.6 is 11.6 Å². The highest BCUT2D eigenvalue weighted by atomic mass is 35.5. The summed E-state index contributed by atoms with van der Waals surface area (Å²) in [5, 5.41) is 1.52. The van der Waals surface area contributed by atoms with Crippen LogP contribution in [0.15, 0.2) is 0 Å². The van der Waals surface area contributed by atoms with Crippen LogP contribution in [0.3, 0.4) is 0 Å². The van der Waals surface area contributed by atoms with Gasteiger partial charge in [-0.1, -0.05) is 0 Å². The van der Waals surface area contributed by atoms with Crippen molar-refractivity contribution in [2.45, 2.75) is 37.7 Å². The Hall–Kier alpha value is -0.810. The van der Waals surface area contributed by atoms with E-state index in [1.165, 1.54) is 11.8 Å². The fraction of sp³-hybridized carbons (Fsp3) is 0.818. The van der Waals surface area contributed by atoms with Gasteiger partial charge < -0.3 is 9.64 Å². The highest BCUT2D eigenvalue weighted by Crippen LogP contribution is 2.13. The molecule has 0 bridgehead atoms. The van der Waals surface area contributed by atoms with Crippen molar-refractivity contribution in [1.29, 1.82) is 0 Å². The van der Waals surface area contributed by atoms with E-state index in [4.69, 9.17) is 16.3 Å². The van der Waals surface area contributed by atoms with Crippen LogP contribution in [0.1, 0.15) is 26.2 Å². The third-order valence-corrected chi connectivity index (χ3v) is 2.89. The summed E-state index contributed by atoms with van der Waals surface area (Å²) >= 11 is 5.56. The molecule has 1 aliphatic heterocycles. The largest absolute Gasteiger partial charge is 0.376 e. The summed E-state index contributed by atoms with van der Waals surface area (Å²) in [5.74, 6) is -0.479. The van der Waals surface area contributed by atoms with Crippen LogP contribution < -0.4 is 5.32 Å². The zero-order valence-electron chi connectivity index (χ0n) is 10.2. The standard InChI is InChI=1S/C11H19ClN2O3/c1-8(12)10(15)13-11(16)14(2)7-9-5-3-4-6-17-9/h8-9H,3-7H2,1-2H3,(H,13,15,16). The number of hydrogen-bond donors (Lipinski definition) is 1. The molecule has 0 aromatic heterocycles. The molecule has 2 unspecified atom stereocenters. The lowest BCUT2D eigenvalue weighted by Gasteiger charge is -2.27. The van der Waals surface area contributed by atoms with Gasteiger partial charge in [-0.15, -0.1) is 11.6 Å². The Labute approximate surface area is 106 Å². The fourth-order valence-corrected chi connectivity index (χ4v) is 1.69. The maximum absolute atomic E-state index is 11.6. The number of carbonyl (C=O) groups is 2. The molecule has 1 heterocycles. The number of alkyl halides is 1. The molecule has 0 saturated carbocycles. The van der Waals surface area contributed by atoms with Gasteiger partial charge in [0.1, 0.15) is 5.38 Å². The van der Waals surface area contributed by atoms with Gasteiger partial charge in [-0.05, 0) is 26.2 Å². The first-order valence-electron chi connectivity index (χ1n) is 5.82. The maximum Gasteiger partial charge on any atom is 0.323 e. The summed E-state index contributed by atoms with van der Waals surface area (Å²) in [5.41, 5.74) is 0. The summed E-state index contributed by atoms with van der Waals surface area (Å²) in [6.45, 7) is 2.77. The smallest absolute Gasteiger partial charge is 0.323 e. The number of hydrogen-bond acceptors (Lipinski definition) is 3. The zero-order valence-corrected chi connectivity index (χ0v) is 11.0. The topological polar surface area (TPSA) is 58.6 Å². The highest BCUT2D eigenvalue weighted by molar-refractivity contribution is 6.31. The molecular formula is C11H19ClN2O3. The molecule has 0 aromatic rings. The van der Waals surface area contributed by atoms with Crippen molar-refractivity contribution < 1.29 is 14.3 Å². The lowest BCUT2D eigenvalue weighted by atomic mass is 10.1. The van der Waals surface area contributed by atoms with Crippen molar-refractivity contribution in [2.24, 2.45) is 0 Å². The third-order valence-electron chi connectivity index (χ3n) is 2.69. The first kappa shape index (κ1) is 14.3. The molecule has 17 heavy (non-hydrogen) atoms. The molecule has 5 nitrogen and oxygen atoms in total. The highest BCUT2D eigenvalue weighted by Gasteiger charge is 2.21. The van der Waals surface area contributed by atoms with Gasteiger partial charge in [-0.3, -0.25) is 10.1 Å². The molecule has 1 rings (SSSR count). The Morgan fingerprint density at radius 1 is 1.53 bits per heavy atom. The number of nitrogens with one attached hydrogen (secondary N) is 1. The summed E-state index contributed by atoms with van der Waals surface area (Å²) in [7, 11) is 1.64. The molecule has 3 amide bonds. The number of carbonyl (C=O) groups excluding carboxylic acids is 2. The Morgan fingerprint density at radius 2 is 2.24 bits per heavy atom. The molecule has 0 spiro atoms. The second-order valence-electron chi connectivity index (χ2n) is 4.28. The summed E-state index contributed by atoms with van der Waals surface area (Å²) in [4.78, 5) is 24.3. The van der Waals surface area contributed by atoms with E-state index in [0.29, 0.717) is 6.54 Å². The van der Waals surface area contributed by atoms with Crippen LogP contribution in [0.2, 0.25) is 0 Å². The van der Waals surface area contributed by atoms with Gasteiger partial charge in [0.15, 0.2) is 0 Å². The van der Waals surface area contributed by atoms with Crippen molar-refractivity contribution >= 4 is 23.5 Å². The summed E-state index contributed by atoms with van der Waals surface area (Å²) < 4.78 is 5.52. The maximum atomic E-state index is 11.6. The number of ether oxygens (including phenoxy) is 1. The van der Waals surface area contributed by atoms with Gasteiger partial charge >= 0.3 is 6.03 Å². The predicted octanol–water partition coefficient (Wildman–Crippen LogP) is 1.35. The monoisotopic (exact) mass is 262 g/mol. The third kappa shape index (κ3) is 4.91. The average molecular weight is 263 g/mol. The molecule has 1 aliphatic rings. The van der Waals surface area contributed by atoms with Gasteiger partial charge in [-0.2, -0.15) is 0 Å². The number of halogens is 1. The van der Waals surface area contributed by atoms with Gasteiger partial charge in [0.05, 0.1) is 6.10 Å². The minimum Gasteiger partial charge on any atom is -0.376 e. The summed E-state index contributed by atoms with van der Waals surface area (Å²) in [6, 6.07) is -0.434. The first-order valence-corrected chi connectivity index (χ1v) is 6.26. The van der Waals surface area contributed by atoms with Crippen molar-refractivity contribution in [1.82, 2.24) is 10.2 Å². The van der Waals surface area contributed by atoms with Crippen molar-refractivity contribution in [2.75, 3.05) is 20.2 Å². The lowest BCUT2D eigenvalue weighted by Crippen LogP contribution is -2.46. The Morgan fingerprint density at radius 3 is 2.76 bits per heavy atom. The van der Waals surface area contributed by atoms with E-state index in [9.17, 15) is 9.59 Å². The second kappa shape index (κ2) is 6.81. The van der Waals surface area contributed by atoms with Crippen LogP contribution in [-0.2, 0) is 9.53 Å². The number of rotatable bonds is 3. The molecular weight excluding hydrogens is 244 g/mol. The molecule has 1 saturated heterocycles. The number of amides is 3. The molecule has 6 heteroatoms. The minimum atomic E-state index is -0.710. The van der Waals surface area contributed by atoms with Gasteiger partial charge in [0.25, 0.3) is 0 Å². The van der Waals surface area contributed by atoms with E-state index in [1.54, 1.807) is 7.05 Å². The molecule has 0 aromatic carbocycles. The van der Waals surface area contributed by atoms with Crippen LogP contribution in [0, 0.1) is 0 Å². The van der Waals surface area contributed by atoms with Gasteiger partial charge in [0.2, 0.25) is 5.91 Å².